The van der Waals surface area contributed by atoms with Gasteiger partial charge in [0.2, 0.25) is 5.43 Å². The van der Waals surface area contributed by atoms with Crippen LogP contribution in [0.15, 0.2) is 35.1 Å². The topological polar surface area (TPSA) is 92.5 Å². The van der Waals surface area contributed by atoms with E-state index in [4.69, 9.17) is 0 Å². The van der Waals surface area contributed by atoms with Crippen LogP contribution in [0.5, 0.6) is 0 Å². The van der Waals surface area contributed by atoms with E-state index in [1.807, 2.05) is 0 Å². The van der Waals surface area contributed by atoms with Crippen LogP contribution in [0.25, 0.3) is 5.69 Å². The fourth-order valence-electron chi connectivity index (χ4n) is 3.26. The number of carbonyl (C=O) groups is 2. The van der Waals surface area contributed by atoms with E-state index in [-0.39, 0.29) is 17.9 Å². The summed E-state index contributed by atoms with van der Waals surface area (Å²) in [4.78, 5) is 37.7. The summed E-state index contributed by atoms with van der Waals surface area (Å²) in [5.41, 5.74) is -0.422. The van der Waals surface area contributed by atoms with Crippen molar-refractivity contribution in [3.05, 3.63) is 57.8 Å². The number of para-hydroxylation sites is 1. The molecule has 1 fully saturated rings. The number of halogens is 1. The highest BCUT2D eigenvalue weighted by Crippen LogP contribution is 2.25. The molecule has 0 aliphatic carbocycles. The van der Waals surface area contributed by atoms with Gasteiger partial charge in [-0.1, -0.05) is 12.1 Å². The lowest BCUT2D eigenvalue weighted by Gasteiger charge is -2.23. The monoisotopic (exact) mass is 359 g/mol. The minimum absolute atomic E-state index is 0.122. The summed E-state index contributed by atoms with van der Waals surface area (Å²) < 4.78 is 15.3. The lowest BCUT2D eigenvalue weighted by atomic mass is 10.0. The van der Waals surface area contributed by atoms with E-state index in [2.05, 4.69) is 5.10 Å². The summed E-state index contributed by atoms with van der Waals surface area (Å²) in [6.07, 6.45) is 0.315. The largest absolute Gasteiger partial charge is 0.481 e. The van der Waals surface area contributed by atoms with Crippen LogP contribution in [0, 0.1) is 18.7 Å². The van der Waals surface area contributed by atoms with Gasteiger partial charge in [-0.05, 0) is 32.4 Å². The maximum atomic E-state index is 14.1. The molecule has 1 saturated heterocycles. The molecule has 0 bridgehead atoms. The first-order valence-corrected chi connectivity index (χ1v) is 8.21. The zero-order valence-electron chi connectivity index (χ0n) is 14.3. The first-order valence-electron chi connectivity index (χ1n) is 8.21. The van der Waals surface area contributed by atoms with Gasteiger partial charge in [0.05, 0.1) is 5.92 Å². The van der Waals surface area contributed by atoms with Gasteiger partial charge < -0.3 is 10.0 Å². The van der Waals surface area contributed by atoms with Crippen molar-refractivity contribution in [1.82, 2.24) is 14.7 Å². The fraction of sp³-hybridized carbons (Fsp3) is 0.333. The maximum absolute atomic E-state index is 14.1. The van der Waals surface area contributed by atoms with Crippen LogP contribution < -0.4 is 5.43 Å². The number of benzene rings is 1. The normalized spacial score (nSPS) is 19.6. The van der Waals surface area contributed by atoms with Crippen LogP contribution in [0.2, 0.25) is 0 Å². The second-order valence-corrected chi connectivity index (χ2v) is 6.33. The molecule has 0 radical (unpaired) electrons. The smallest absolute Gasteiger partial charge is 0.308 e. The van der Waals surface area contributed by atoms with Gasteiger partial charge in [0, 0.05) is 24.3 Å². The predicted molar refractivity (Wildman–Crippen MR) is 90.8 cm³/mol. The van der Waals surface area contributed by atoms with Crippen molar-refractivity contribution in [2.45, 2.75) is 26.3 Å². The first-order chi connectivity index (χ1) is 12.3. The van der Waals surface area contributed by atoms with Gasteiger partial charge in [-0.25, -0.2) is 9.07 Å². The third kappa shape index (κ3) is 2.98. The molecule has 7 nitrogen and oxygen atoms in total. The predicted octanol–water partition coefficient (Wildman–Crippen LogP) is 1.62. The molecule has 0 spiro atoms. The van der Waals surface area contributed by atoms with Crippen LogP contribution in [-0.4, -0.2) is 44.3 Å². The highest BCUT2D eigenvalue weighted by atomic mass is 19.1. The zero-order valence-corrected chi connectivity index (χ0v) is 14.3. The first kappa shape index (κ1) is 17.8. The lowest BCUT2D eigenvalue weighted by molar-refractivity contribution is -0.142. The van der Waals surface area contributed by atoms with Crippen molar-refractivity contribution >= 4 is 11.9 Å². The van der Waals surface area contributed by atoms with Crippen molar-refractivity contribution in [3.8, 4) is 5.69 Å². The minimum Gasteiger partial charge on any atom is -0.481 e. The van der Waals surface area contributed by atoms with Crippen LogP contribution in [0.4, 0.5) is 4.39 Å². The van der Waals surface area contributed by atoms with Gasteiger partial charge in [-0.3, -0.25) is 14.4 Å². The molecule has 3 rings (SSSR count). The number of aryl methyl sites for hydroxylation is 1. The second kappa shape index (κ2) is 6.70. The molecule has 1 aliphatic rings. The molecule has 2 heterocycles. The molecule has 2 unspecified atom stereocenters. The van der Waals surface area contributed by atoms with Crippen molar-refractivity contribution in [3.63, 3.8) is 0 Å². The Balaban J connectivity index is 2.02. The van der Waals surface area contributed by atoms with Crippen LogP contribution in [0.1, 0.15) is 29.5 Å². The number of nitrogens with zero attached hydrogens (tertiary/aromatic N) is 3. The molecule has 26 heavy (non-hydrogen) atoms. The maximum Gasteiger partial charge on any atom is 0.308 e. The summed E-state index contributed by atoms with van der Waals surface area (Å²) in [5.74, 6) is -2.84. The number of likely N-dealkylation sites (tertiary alicyclic amines) is 1. The SMILES string of the molecule is Cc1cc(=O)c(C(=O)N2CCC(C(=O)O)C2C)nn1-c1ccccc1F. The highest BCUT2D eigenvalue weighted by molar-refractivity contribution is 5.93. The molecule has 2 atom stereocenters. The Morgan fingerprint density at radius 1 is 1.31 bits per heavy atom. The number of hydrogen-bond acceptors (Lipinski definition) is 4. The number of hydrogen-bond donors (Lipinski definition) is 1. The molecule has 1 aliphatic heterocycles. The Morgan fingerprint density at radius 2 is 2.00 bits per heavy atom. The van der Waals surface area contributed by atoms with E-state index in [1.54, 1.807) is 19.9 Å². The second-order valence-electron chi connectivity index (χ2n) is 6.33. The summed E-state index contributed by atoms with van der Waals surface area (Å²) >= 11 is 0. The average Bonchev–Trinajstić information content (AvgIpc) is 2.97. The summed E-state index contributed by atoms with van der Waals surface area (Å²) in [6, 6.07) is 6.58. The van der Waals surface area contributed by atoms with Crippen LogP contribution in [0.3, 0.4) is 0 Å². The third-order valence-corrected chi connectivity index (χ3v) is 4.72. The Hall–Kier alpha value is -3.03. The molecule has 8 heteroatoms. The zero-order chi connectivity index (χ0) is 19.0. The Labute approximate surface area is 148 Å². The minimum atomic E-state index is -0.978. The summed E-state index contributed by atoms with van der Waals surface area (Å²) in [5, 5.41) is 13.3. The standard InChI is InChI=1S/C18H18FN3O4/c1-10-9-15(23)16(20-22(10)14-6-4-3-5-13(14)19)17(24)21-8-7-12(11(21)2)18(25)26/h3-6,9,11-12H,7-8H2,1-2H3,(H,25,26). The van der Waals surface area contributed by atoms with Crippen molar-refractivity contribution in [1.29, 1.82) is 0 Å². The van der Waals surface area contributed by atoms with Crippen molar-refractivity contribution in [2.24, 2.45) is 5.92 Å². The van der Waals surface area contributed by atoms with E-state index in [0.717, 1.165) is 0 Å². The molecule has 1 aromatic heterocycles. The van der Waals surface area contributed by atoms with Crippen molar-refractivity contribution < 1.29 is 19.1 Å². The van der Waals surface area contributed by atoms with Crippen molar-refractivity contribution in [2.75, 3.05) is 6.54 Å². The Kier molecular flexibility index (Phi) is 4.58. The molecule has 1 N–H and O–H groups in total. The molecular formula is C18H18FN3O4. The van der Waals surface area contributed by atoms with E-state index in [0.29, 0.717) is 12.1 Å². The molecule has 136 valence electrons. The number of amides is 1. The van der Waals surface area contributed by atoms with Gasteiger partial charge in [-0.2, -0.15) is 5.10 Å². The Bertz CT molecular complexity index is 940. The lowest BCUT2D eigenvalue weighted by Crippen LogP contribution is -2.40. The molecule has 1 aromatic carbocycles. The molecular weight excluding hydrogens is 341 g/mol. The van der Waals surface area contributed by atoms with Gasteiger partial charge >= 0.3 is 5.97 Å². The fourth-order valence-corrected chi connectivity index (χ4v) is 3.26. The van der Waals surface area contributed by atoms with Crippen LogP contribution in [-0.2, 0) is 4.79 Å². The summed E-state index contributed by atoms with van der Waals surface area (Å²) in [6.45, 7) is 3.45. The molecule has 0 saturated carbocycles. The van der Waals surface area contributed by atoms with Gasteiger partial charge in [0.15, 0.2) is 5.69 Å². The highest BCUT2D eigenvalue weighted by Gasteiger charge is 2.39. The number of aromatic nitrogens is 2. The summed E-state index contributed by atoms with van der Waals surface area (Å²) in [7, 11) is 0. The number of carboxylic acid groups (broad SMARTS) is 1. The molecule has 1 amide bonds. The molecule has 2 aromatic rings. The van der Waals surface area contributed by atoms with E-state index < -0.39 is 35.1 Å². The van der Waals surface area contributed by atoms with Gasteiger partial charge in [0.1, 0.15) is 11.5 Å². The quantitative estimate of drug-likeness (QED) is 0.899. The number of carboxylic acids is 1. The third-order valence-electron chi connectivity index (χ3n) is 4.72. The van der Waals surface area contributed by atoms with E-state index in [9.17, 15) is 23.9 Å². The van der Waals surface area contributed by atoms with Gasteiger partial charge in [0.25, 0.3) is 5.91 Å². The number of aliphatic carboxylic acids is 1. The van der Waals surface area contributed by atoms with E-state index in [1.165, 1.54) is 33.8 Å². The van der Waals surface area contributed by atoms with E-state index >= 15 is 0 Å². The number of carbonyl (C=O) groups excluding carboxylic acids is 1. The van der Waals surface area contributed by atoms with Crippen LogP contribution >= 0.6 is 0 Å². The number of rotatable bonds is 3. The van der Waals surface area contributed by atoms with Gasteiger partial charge in [-0.15, -0.1) is 0 Å². The average molecular weight is 359 g/mol. The Morgan fingerprint density at radius 3 is 2.62 bits per heavy atom.